The van der Waals surface area contributed by atoms with Gasteiger partial charge in [-0.15, -0.1) is 0 Å². The van der Waals surface area contributed by atoms with Gasteiger partial charge in [-0.05, 0) is 74.5 Å². The highest BCUT2D eigenvalue weighted by Crippen LogP contribution is 2.33. The van der Waals surface area contributed by atoms with E-state index in [9.17, 15) is 14.4 Å². The molecular formula is C19H19N3O3S. The van der Waals surface area contributed by atoms with Crippen LogP contribution in [-0.2, 0) is 4.79 Å². The summed E-state index contributed by atoms with van der Waals surface area (Å²) in [6, 6.07) is 8.99. The van der Waals surface area contributed by atoms with E-state index in [-0.39, 0.29) is 11.1 Å². The number of likely N-dealkylation sites (N-methyl/N-ethyl adjacent to an activating group) is 1. The second kappa shape index (κ2) is 6.84. The van der Waals surface area contributed by atoms with Gasteiger partial charge in [0.05, 0.1) is 4.91 Å². The SMILES string of the molecule is CCN1C(=O)S/C(=C/c2cc(C)n(-c3ccc(C(N)=O)cc3)c2C)C1=O. The lowest BCUT2D eigenvalue weighted by atomic mass is 10.2. The molecule has 0 unspecified atom stereocenters. The first-order chi connectivity index (χ1) is 12.3. The number of hydrogen-bond acceptors (Lipinski definition) is 4. The van der Waals surface area contributed by atoms with Crippen LogP contribution in [0, 0.1) is 13.8 Å². The van der Waals surface area contributed by atoms with Crippen LogP contribution < -0.4 is 5.73 Å². The lowest BCUT2D eigenvalue weighted by Crippen LogP contribution is -2.27. The zero-order valence-electron chi connectivity index (χ0n) is 14.8. The second-order valence-corrected chi connectivity index (χ2v) is 6.99. The Labute approximate surface area is 155 Å². The van der Waals surface area contributed by atoms with E-state index in [0.717, 1.165) is 34.4 Å². The number of aromatic nitrogens is 1. The summed E-state index contributed by atoms with van der Waals surface area (Å²) in [7, 11) is 0. The van der Waals surface area contributed by atoms with Crippen molar-refractivity contribution in [1.29, 1.82) is 0 Å². The lowest BCUT2D eigenvalue weighted by Gasteiger charge is -2.10. The van der Waals surface area contributed by atoms with Crippen molar-refractivity contribution in [3.8, 4) is 5.69 Å². The first-order valence-corrected chi connectivity index (χ1v) is 8.99. The summed E-state index contributed by atoms with van der Waals surface area (Å²) in [6.45, 7) is 6.06. The van der Waals surface area contributed by atoms with Crippen LogP contribution in [0.4, 0.5) is 4.79 Å². The Hall–Kier alpha value is -2.80. The van der Waals surface area contributed by atoms with Crippen LogP contribution in [0.3, 0.4) is 0 Å². The fraction of sp³-hybridized carbons (Fsp3) is 0.211. The second-order valence-electron chi connectivity index (χ2n) is 6.00. The van der Waals surface area contributed by atoms with E-state index >= 15 is 0 Å². The van der Waals surface area contributed by atoms with Crippen molar-refractivity contribution >= 4 is 34.9 Å². The van der Waals surface area contributed by atoms with Crippen molar-refractivity contribution < 1.29 is 14.4 Å². The Morgan fingerprint density at radius 3 is 2.38 bits per heavy atom. The number of nitrogens with zero attached hydrogens (tertiary/aromatic N) is 2. The molecule has 1 aliphatic rings. The average Bonchev–Trinajstić information content (AvgIpc) is 3.03. The predicted octanol–water partition coefficient (Wildman–Crippen LogP) is 3.25. The van der Waals surface area contributed by atoms with Crippen LogP contribution in [0.25, 0.3) is 11.8 Å². The fourth-order valence-electron chi connectivity index (χ4n) is 3.02. The maximum absolute atomic E-state index is 12.3. The zero-order chi connectivity index (χ0) is 19.0. The Morgan fingerprint density at radius 2 is 1.85 bits per heavy atom. The van der Waals surface area contributed by atoms with E-state index in [1.165, 1.54) is 4.90 Å². The molecule has 134 valence electrons. The van der Waals surface area contributed by atoms with Crippen molar-refractivity contribution in [3.63, 3.8) is 0 Å². The summed E-state index contributed by atoms with van der Waals surface area (Å²) in [5.74, 6) is -0.719. The molecule has 3 amide bonds. The molecule has 2 heterocycles. The van der Waals surface area contributed by atoms with Gasteiger partial charge in [0.1, 0.15) is 0 Å². The van der Waals surface area contributed by atoms with E-state index in [1.807, 2.05) is 36.6 Å². The zero-order valence-corrected chi connectivity index (χ0v) is 15.6. The number of primary amides is 1. The first kappa shape index (κ1) is 18.0. The van der Waals surface area contributed by atoms with Gasteiger partial charge >= 0.3 is 0 Å². The molecule has 2 aromatic rings. The van der Waals surface area contributed by atoms with Gasteiger partial charge in [0.25, 0.3) is 11.1 Å². The molecule has 1 aromatic carbocycles. The van der Waals surface area contributed by atoms with Crippen molar-refractivity contribution in [2.75, 3.05) is 6.54 Å². The van der Waals surface area contributed by atoms with Gasteiger partial charge in [-0.2, -0.15) is 0 Å². The van der Waals surface area contributed by atoms with Crippen LogP contribution in [0.2, 0.25) is 0 Å². The third kappa shape index (κ3) is 3.06. The third-order valence-corrected chi connectivity index (χ3v) is 5.26. The number of imide groups is 1. The lowest BCUT2D eigenvalue weighted by molar-refractivity contribution is -0.122. The molecule has 0 radical (unpaired) electrons. The highest BCUT2D eigenvalue weighted by molar-refractivity contribution is 8.18. The minimum Gasteiger partial charge on any atom is -0.366 e. The summed E-state index contributed by atoms with van der Waals surface area (Å²) in [4.78, 5) is 37.1. The number of carbonyl (C=O) groups excluding carboxylic acids is 3. The van der Waals surface area contributed by atoms with Crippen LogP contribution in [0.15, 0.2) is 35.2 Å². The quantitative estimate of drug-likeness (QED) is 0.838. The molecule has 6 nitrogen and oxygen atoms in total. The Balaban J connectivity index is 1.99. The van der Waals surface area contributed by atoms with Gasteiger partial charge in [-0.3, -0.25) is 19.3 Å². The molecule has 26 heavy (non-hydrogen) atoms. The van der Waals surface area contributed by atoms with E-state index < -0.39 is 5.91 Å². The fourth-order valence-corrected chi connectivity index (χ4v) is 3.91. The van der Waals surface area contributed by atoms with Gasteiger partial charge in [0.2, 0.25) is 5.91 Å². The molecule has 0 saturated carbocycles. The van der Waals surface area contributed by atoms with Crippen molar-refractivity contribution in [2.24, 2.45) is 5.73 Å². The first-order valence-electron chi connectivity index (χ1n) is 8.18. The van der Waals surface area contributed by atoms with E-state index in [4.69, 9.17) is 5.73 Å². The summed E-state index contributed by atoms with van der Waals surface area (Å²) >= 11 is 0.964. The largest absolute Gasteiger partial charge is 0.366 e. The van der Waals surface area contributed by atoms with Crippen LogP contribution in [-0.4, -0.2) is 33.1 Å². The molecule has 1 aromatic heterocycles. The number of amides is 3. The number of aryl methyl sites for hydroxylation is 1. The smallest absolute Gasteiger partial charge is 0.293 e. The monoisotopic (exact) mass is 369 g/mol. The van der Waals surface area contributed by atoms with Gasteiger partial charge < -0.3 is 10.3 Å². The predicted molar refractivity (Wildman–Crippen MR) is 102 cm³/mol. The van der Waals surface area contributed by atoms with Crippen LogP contribution >= 0.6 is 11.8 Å². The third-order valence-electron chi connectivity index (χ3n) is 4.36. The highest BCUT2D eigenvalue weighted by Gasteiger charge is 2.33. The molecule has 0 bridgehead atoms. The Kier molecular flexibility index (Phi) is 4.73. The van der Waals surface area contributed by atoms with Crippen molar-refractivity contribution in [1.82, 2.24) is 9.47 Å². The molecule has 0 atom stereocenters. The topological polar surface area (TPSA) is 85.4 Å². The number of hydrogen-bond donors (Lipinski definition) is 1. The molecule has 3 rings (SSSR count). The van der Waals surface area contributed by atoms with Crippen LogP contribution in [0.5, 0.6) is 0 Å². The van der Waals surface area contributed by atoms with Crippen molar-refractivity contribution in [3.05, 3.63) is 57.8 Å². The normalized spacial score (nSPS) is 16.0. The van der Waals surface area contributed by atoms with Crippen molar-refractivity contribution in [2.45, 2.75) is 20.8 Å². The van der Waals surface area contributed by atoms with Crippen LogP contribution in [0.1, 0.15) is 34.2 Å². The maximum Gasteiger partial charge on any atom is 0.293 e. The van der Waals surface area contributed by atoms with E-state index in [2.05, 4.69) is 0 Å². The maximum atomic E-state index is 12.3. The molecule has 2 N–H and O–H groups in total. The number of rotatable bonds is 4. The molecule has 0 spiro atoms. The summed E-state index contributed by atoms with van der Waals surface area (Å²) in [5.41, 5.74) is 9.43. The summed E-state index contributed by atoms with van der Waals surface area (Å²) in [5, 5.41) is -0.236. The Morgan fingerprint density at radius 1 is 1.19 bits per heavy atom. The molecule has 7 heteroatoms. The number of nitrogens with two attached hydrogens (primary N) is 1. The minimum atomic E-state index is -0.468. The van der Waals surface area contributed by atoms with Gasteiger partial charge in [-0.1, -0.05) is 0 Å². The van der Waals surface area contributed by atoms with E-state index in [1.54, 1.807) is 25.1 Å². The number of benzene rings is 1. The number of thioether (sulfide) groups is 1. The summed E-state index contributed by atoms with van der Waals surface area (Å²) in [6.07, 6.45) is 1.76. The summed E-state index contributed by atoms with van der Waals surface area (Å²) < 4.78 is 2.03. The standard InChI is InChI=1S/C19H19N3O3S/c1-4-21-18(24)16(26-19(21)25)10-14-9-11(2)22(12(14)3)15-7-5-13(6-8-15)17(20)23/h5-10H,4H2,1-3H3,(H2,20,23)/b16-10+. The average molecular weight is 369 g/mol. The van der Waals surface area contributed by atoms with Gasteiger partial charge in [0, 0.05) is 29.2 Å². The molecule has 1 aliphatic heterocycles. The molecule has 1 saturated heterocycles. The minimum absolute atomic E-state index is 0.236. The van der Waals surface area contributed by atoms with Gasteiger partial charge in [0.15, 0.2) is 0 Å². The number of carbonyl (C=O) groups is 3. The Bertz CT molecular complexity index is 942. The highest BCUT2D eigenvalue weighted by atomic mass is 32.2. The van der Waals surface area contributed by atoms with E-state index in [0.29, 0.717) is 17.0 Å². The molecular weight excluding hydrogens is 350 g/mol. The molecule has 1 fully saturated rings. The molecule has 0 aliphatic carbocycles. The van der Waals surface area contributed by atoms with Gasteiger partial charge in [-0.25, -0.2) is 0 Å².